The van der Waals surface area contributed by atoms with Crippen LogP contribution in [0, 0.1) is 0 Å². The zero-order chi connectivity index (χ0) is 17.1. The maximum absolute atomic E-state index is 5.45. The van der Waals surface area contributed by atoms with Crippen LogP contribution in [0.25, 0.3) is 0 Å². The van der Waals surface area contributed by atoms with Gasteiger partial charge in [-0.25, -0.2) is 0 Å². The Kier molecular flexibility index (Phi) is 4.61. The Morgan fingerprint density at radius 2 is 1.88 bits per heavy atom. The highest BCUT2D eigenvalue weighted by molar-refractivity contribution is 5.40. The van der Waals surface area contributed by atoms with Crippen LogP contribution in [0.3, 0.4) is 0 Å². The molecule has 2 aromatic carbocycles. The summed E-state index contributed by atoms with van der Waals surface area (Å²) < 4.78 is 5.45. The third-order valence-electron chi connectivity index (χ3n) is 4.81. The minimum atomic E-state index is 0.379. The van der Waals surface area contributed by atoms with E-state index in [-0.39, 0.29) is 0 Å². The van der Waals surface area contributed by atoms with Gasteiger partial charge in [0.2, 0.25) is 5.89 Å². The second-order valence-electron chi connectivity index (χ2n) is 6.69. The van der Waals surface area contributed by atoms with Crippen LogP contribution in [0.15, 0.2) is 59.1 Å². The molecule has 0 bridgehead atoms. The topological polar surface area (TPSA) is 42.2 Å². The molecule has 0 fully saturated rings. The molecule has 0 unspecified atom stereocenters. The zero-order valence-electron chi connectivity index (χ0n) is 14.6. The van der Waals surface area contributed by atoms with E-state index in [1.165, 1.54) is 16.7 Å². The Balaban J connectivity index is 1.59. The summed E-state index contributed by atoms with van der Waals surface area (Å²) in [4.78, 5) is 6.93. The van der Waals surface area contributed by atoms with Crippen LogP contribution < -0.4 is 0 Å². The lowest BCUT2D eigenvalue weighted by atomic mass is 9.85. The van der Waals surface area contributed by atoms with Gasteiger partial charge in [0.15, 0.2) is 5.82 Å². The Hall–Kier alpha value is -2.46. The molecule has 0 saturated heterocycles. The van der Waals surface area contributed by atoms with E-state index < -0.39 is 0 Å². The molecule has 4 rings (SSSR count). The van der Waals surface area contributed by atoms with Crippen molar-refractivity contribution in [3.63, 3.8) is 0 Å². The third kappa shape index (κ3) is 3.49. The third-order valence-corrected chi connectivity index (χ3v) is 4.81. The first-order valence-corrected chi connectivity index (χ1v) is 9.00. The van der Waals surface area contributed by atoms with Gasteiger partial charge in [-0.05, 0) is 23.1 Å². The number of hydrogen-bond acceptors (Lipinski definition) is 4. The summed E-state index contributed by atoms with van der Waals surface area (Å²) in [6, 6.07) is 19.5. The minimum absolute atomic E-state index is 0.379. The molecule has 4 heteroatoms. The van der Waals surface area contributed by atoms with Crippen LogP contribution in [-0.2, 0) is 19.5 Å². The Morgan fingerprint density at radius 1 is 1.08 bits per heavy atom. The average molecular weight is 333 g/mol. The maximum Gasteiger partial charge on any atom is 0.240 e. The monoisotopic (exact) mass is 333 g/mol. The second kappa shape index (κ2) is 7.19. The van der Waals surface area contributed by atoms with Gasteiger partial charge in [0.1, 0.15) is 0 Å². The van der Waals surface area contributed by atoms with Crippen molar-refractivity contribution >= 4 is 0 Å². The number of aryl methyl sites for hydroxylation is 1. The molecule has 1 atom stereocenters. The molecular weight excluding hydrogens is 310 g/mol. The van der Waals surface area contributed by atoms with E-state index in [9.17, 15) is 0 Å². The summed E-state index contributed by atoms with van der Waals surface area (Å²) >= 11 is 0. The highest BCUT2D eigenvalue weighted by atomic mass is 16.5. The van der Waals surface area contributed by atoms with Crippen LogP contribution in [0.1, 0.15) is 47.7 Å². The number of benzene rings is 2. The molecule has 0 saturated carbocycles. The van der Waals surface area contributed by atoms with Crippen LogP contribution in [0.4, 0.5) is 0 Å². The highest BCUT2D eigenvalue weighted by Gasteiger charge is 2.27. The van der Waals surface area contributed by atoms with Gasteiger partial charge in [-0.15, -0.1) is 0 Å². The van der Waals surface area contributed by atoms with Crippen molar-refractivity contribution in [1.29, 1.82) is 0 Å². The molecule has 3 aromatic rings. The first-order valence-electron chi connectivity index (χ1n) is 9.00. The molecule has 4 nitrogen and oxygen atoms in total. The normalized spacial score (nSPS) is 17.4. The molecule has 1 aromatic heterocycles. The van der Waals surface area contributed by atoms with Gasteiger partial charge in [0.25, 0.3) is 0 Å². The van der Waals surface area contributed by atoms with Crippen molar-refractivity contribution < 1.29 is 4.52 Å². The van der Waals surface area contributed by atoms with E-state index >= 15 is 0 Å². The van der Waals surface area contributed by atoms with E-state index in [0.717, 1.165) is 37.6 Å². The Bertz CT molecular complexity index is 828. The van der Waals surface area contributed by atoms with Crippen molar-refractivity contribution in [2.75, 3.05) is 6.54 Å². The van der Waals surface area contributed by atoms with Crippen LogP contribution in [0.5, 0.6) is 0 Å². The fraction of sp³-hybridized carbons (Fsp3) is 0.333. The lowest BCUT2D eigenvalue weighted by Crippen LogP contribution is -2.33. The van der Waals surface area contributed by atoms with Gasteiger partial charge in [-0.3, -0.25) is 4.90 Å². The fourth-order valence-electron chi connectivity index (χ4n) is 3.64. The molecule has 0 aliphatic carbocycles. The first-order chi connectivity index (χ1) is 12.3. The molecule has 25 heavy (non-hydrogen) atoms. The molecule has 0 N–H and O–H groups in total. The number of aromatic nitrogens is 2. The van der Waals surface area contributed by atoms with Gasteiger partial charge in [-0.2, -0.15) is 4.98 Å². The van der Waals surface area contributed by atoms with Crippen molar-refractivity contribution in [3.8, 4) is 0 Å². The quantitative estimate of drug-likeness (QED) is 0.703. The van der Waals surface area contributed by atoms with Gasteiger partial charge in [0.05, 0.1) is 6.54 Å². The van der Waals surface area contributed by atoms with Crippen LogP contribution >= 0.6 is 0 Å². The summed E-state index contributed by atoms with van der Waals surface area (Å²) in [5.41, 5.74) is 4.18. The summed E-state index contributed by atoms with van der Waals surface area (Å²) in [7, 11) is 0. The van der Waals surface area contributed by atoms with E-state index in [4.69, 9.17) is 4.52 Å². The number of fused-ring (bicyclic) bond motifs is 1. The summed E-state index contributed by atoms with van der Waals surface area (Å²) in [6.07, 6.45) is 1.91. The van der Waals surface area contributed by atoms with E-state index in [0.29, 0.717) is 12.5 Å². The first kappa shape index (κ1) is 16.0. The van der Waals surface area contributed by atoms with Crippen molar-refractivity contribution in [1.82, 2.24) is 15.0 Å². The van der Waals surface area contributed by atoms with Crippen molar-refractivity contribution in [2.24, 2.45) is 0 Å². The lowest BCUT2D eigenvalue weighted by molar-refractivity contribution is 0.200. The SMILES string of the molecule is CCCc1noc(CN2Cc3ccccc3[C@@H](c3ccccc3)C2)n1. The minimum Gasteiger partial charge on any atom is -0.338 e. The molecule has 0 amide bonds. The molecule has 0 spiro atoms. The predicted octanol–water partition coefficient (Wildman–Crippen LogP) is 4.17. The maximum atomic E-state index is 5.45. The number of hydrogen-bond donors (Lipinski definition) is 0. The Morgan fingerprint density at radius 3 is 2.72 bits per heavy atom. The van der Waals surface area contributed by atoms with Crippen molar-refractivity contribution in [3.05, 3.63) is 83.0 Å². The summed E-state index contributed by atoms with van der Waals surface area (Å²) in [5, 5.41) is 4.08. The largest absolute Gasteiger partial charge is 0.338 e. The molecular formula is C21H23N3O. The lowest BCUT2D eigenvalue weighted by Gasteiger charge is -2.34. The van der Waals surface area contributed by atoms with Gasteiger partial charge in [0, 0.05) is 25.4 Å². The number of rotatable bonds is 5. The standard InChI is InChI=1S/C21H23N3O/c1-2-8-20-22-21(25-23-20)15-24-13-17-11-6-7-12-18(17)19(14-24)16-9-4-3-5-10-16/h3-7,9-12,19H,2,8,13-15H2,1H3/t19-/m1/s1. The molecule has 0 radical (unpaired) electrons. The smallest absolute Gasteiger partial charge is 0.240 e. The predicted molar refractivity (Wildman–Crippen MR) is 97.1 cm³/mol. The molecule has 128 valence electrons. The van der Waals surface area contributed by atoms with Crippen LogP contribution in [-0.4, -0.2) is 21.6 Å². The van der Waals surface area contributed by atoms with Gasteiger partial charge in [-0.1, -0.05) is 66.7 Å². The van der Waals surface area contributed by atoms with E-state index in [1.54, 1.807) is 0 Å². The molecule has 1 aliphatic heterocycles. The van der Waals surface area contributed by atoms with Gasteiger partial charge >= 0.3 is 0 Å². The molecule has 1 aliphatic rings. The second-order valence-corrected chi connectivity index (χ2v) is 6.69. The Labute approximate surface area is 148 Å². The molecule has 2 heterocycles. The zero-order valence-corrected chi connectivity index (χ0v) is 14.6. The van der Waals surface area contributed by atoms with Crippen molar-refractivity contribution in [2.45, 2.75) is 38.8 Å². The fourth-order valence-corrected chi connectivity index (χ4v) is 3.64. The summed E-state index contributed by atoms with van der Waals surface area (Å²) in [5.74, 6) is 1.91. The number of nitrogens with zero attached hydrogens (tertiary/aromatic N) is 3. The highest BCUT2D eigenvalue weighted by Crippen LogP contribution is 2.33. The van der Waals surface area contributed by atoms with Crippen LogP contribution in [0.2, 0.25) is 0 Å². The summed E-state index contributed by atoms with van der Waals surface area (Å²) in [6.45, 7) is 4.72. The van der Waals surface area contributed by atoms with E-state index in [2.05, 4.69) is 76.6 Å². The van der Waals surface area contributed by atoms with E-state index in [1.807, 2.05) is 0 Å². The van der Waals surface area contributed by atoms with Gasteiger partial charge < -0.3 is 4.52 Å². The average Bonchev–Trinajstić information content (AvgIpc) is 3.09.